The maximum absolute atomic E-state index is 13.4. The summed E-state index contributed by atoms with van der Waals surface area (Å²) in [6.07, 6.45) is 1.64. The fourth-order valence-electron chi connectivity index (χ4n) is 3.31. The molecule has 31 heavy (non-hydrogen) atoms. The number of carbonyl (C=O) groups is 1. The molecule has 0 aliphatic rings. The molecule has 154 valence electrons. The number of rotatable bonds is 6. The van der Waals surface area contributed by atoms with Crippen molar-refractivity contribution in [2.24, 2.45) is 0 Å². The smallest absolute Gasteiger partial charge is 0.275 e. The molecule has 4 rings (SSSR count). The van der Waals surface area contributed by atoms with E-state index in [-0.39, 0.29) is 17.1 Å². The molecule has 0 aliphatic heterocycles. The third-order valence-electron chi connectivity index (χ3n) is 4.85. The summed E-state index contributed by atoms with van der Waals surface area (Å²) in [5.74, 6) is 0.782. The van der Waals surface area contributed by atoms with E-state index in [1.54, 1.807) is 67.8 Å². The summed E-state index contributed by atoms with van der Waals surface area (Å²) in [6, 6.07) is 21.3. The third kappa shape index (κ3) is 4.09. The standard InChI is InChI=1S/C25H20N2O4/c1-30-21-13-12-16(15-22(21)31-2)14-18(24(28)17-8-4-3-5-9-17)23-25(29)27-20-11-7-6-10-19(20)26-23/h3-15H,1-2H3,(H,27,29)/b18-14+. The highest BCUT2D eigenvalue weighted by Gasteiger charge is 2.20. The van der Waals surface area contributed by atoms with Crippen LogP contribution in [0.1, 0.15) is 21.6 Å². The number of allylic oxidation sites excluding steroid dienone is 1. The first-order chi connectivity index (χ1) is 15.1. The monoisotopic (exact) mass is 412 g/mol. The number of H-pyrrole nitrogens is 1. The van der Waals surface area contributed by atoms with E-state index in [9.17, 15) is 9.59 Å². The van der Waals surface area contributed by atoms with Crippen molar-refractivity contribution in [3.63, 3.8) is 0 Å². The number of nitrogens with one attached hydrogen (secondary N) is 1. The molecule has 1 N–H and O–H groups in total. The van der Waals surface area contributed by atoms with Crippen LogP contribution in [0, 0.1) is 0 Å². The largest absolute Gasteiger partial charge is 0.493 e. The predicted molar refractivity (Wildman–Crippen MR) is 121 cm³/mol. The van der Waals surface area contributed by atoms with Gasteiger partial charge in [-0.25, -0.2) is 4.98 Å². The summed E-state index contributed by atoms with van der Waals surface area (Å²) >= 11 is 0. The number of aromatic amines is 1. The van der Waals surface area contributed by atoms with Gasteiger partial charge >= 0.3 is 0 Å². The topological polar surface area (TPSA) is 81.3 Å². The molecule has 0 fully saturated rings. The van der Waals surface area contributed by atoms with Gasteiger partial charge < -0.3 is 14.5 Å². The van der Waals surface area contributed by atoms with Crippen molar-refractivity contribution in [3.05, 3.63) is 100.0 Å². The van der Waals surface area contributed by atoms with Crippen LogP contribution in [0.3, 0.4) is 0 Å². The lowest BCUT2D eigenvalue weighted by Gasteiger charge is -2.10. The first-order valence-electron chi connectivity index (χ1n) is 9.63. The molecule has 0 bridgehead atoms. The second-order valence-electron chi connectivity index (χ2n) is 6.80. The molecule has 0 unspecified atom stereocenters. The lowest BCUT2D eigenvalue weighted by molar-refractivity contribution is 0.105. The van der Waals surface area contributed by atoms with Gasteiger partial charge in [-0.3, -0.25) is 9.59 Å². The highest BCUT2D eigenvalue weighted by molar-refractivity contribution is 6.32. The lowest BCUT2D eigenvalue weighted by Crippen LogP contribution is -2.18. The van der Waals surface area contributed by atoms with Crippen LogP contribution in [0.2, 0.25) is 0 Å². The number of fused-ring (bicyclic) bond motifs is 1. The van der Waals surface area contributed by atoms with Crippen LogP contribution in [0.4, 0.5) is 0 Å². The Kier molecular flexibility index (Phi) is 5.62. The molecule has 3 aromatic carbocycles. The predicted octanol–water partition coefficient (Wildman–Crippen LogP) is 4.36. The van der Waals surface area contributed by atoms with Crippen molar-refractivity contribution < 1.29 is 14.3 Å². The molecule has 1 aromatic heterocycles. The van der Waals surface area contributed by atoms with Gasteiger partial charge in [0, 0.05) is 5.56 Å². The maximum atomic E-state index is 13.4. The number of carbonyl (C=O) groups excluding carboxylic acids is 1. The Hall–Kier alpha value is -4.19. The van der Waals surface area contributed by atoms with Gasteiger partial charge in [-0.05, 0) is 35.9 Å². The third-order valence-corrected chi connectivity index (χ3v) is 4.85. The number of aromatic nitrogens is 2. The molecular formula is C25H20N2O4. The van der Waals surface area contributed by atoms with Gasteiger partial charge in [0.05, 0.1) is 30.8 Å². The van der Waals surface area contributed by atoms with E-state index in [1.807, 2.05) is 18.2 Å². The fraction of sp³-hybridized carbons (Fsp3) is 0.0800. The minimum absolute atomic E-state index is 0.0577. The number of benzene rings is 3. The van der Waals surface area contributed by atoms with E-state index in [0.717, 1.165) is 0 Å². The summed E-state index contributed by atoms with van der Waals surface area (Å²) < 4.78 is 10.7. The summed E-state index contributed by atoms with van der Waals surface area (Å²) in [7, 11) is 3.09. The van der Waals surface area contributed by atoms with E-state index < -0.39 is 5.56 Å². The zero-order chi connectivity index (χ0) is 21.8. The van der Waals surface area contributed by atoms with Crippen LogP contribution < -0.4 is 15.0 Å². The van der Waals surface area contributed by atoms with Crippen LogP contribution in [-0.2, 0) is 0 Å². The minimum Gasteiger partial charge on any atom is -0.493 e. The Labute approximate surface area is 178 Å². The molecule has 0 spiro atoms. The number of methoxy groups -OCH3 is 2. The number of hydrogen-bond donors (Lipinski definition) is 1. The number of Topliss-reactive ketones (excluding diaryl/α,β-unsaturated/α-hetero) is 1. The Balaban J connectivity index is 1.93. The maximum Gasteiger partial charge on any atom is 0.275 e. The van der Waals surface area contributed by atoms with Crippen LogP contribution in [0.15, 0.2) is 77.6 Å². The molecule has 0 radical (unpaired) electrons. The van der Waals surface area contributed by atoms with Crippen LogP contribution >= 0.6 is 0 Å². The van der Waals surface area contributed by atoms with Crippen molar-refractivity contribution in [3.8, 4) is 11.5 Å². The molecule has 6 heteroatoms. The Morgan fingerprint density at radius 1 is 0.903 bits per heavy atom. The van der Waals surface area contributed by atoms with Gasteiger partial charge in [-0.2, -0.15) is 0 Å². The van der Waals surface area contributed by atoms with Gasteiger partial charge in [-0.15, -0.1) is 0 Å². The molecule has 0 amide bonds. The second-order valence-corrected chi connectivity index (χ2v) is 6.80. The van der Waals surface area contributed by atoms with Crippen molar-refractivity contribution in [2.45, 2.75) is 0 Å². The van der Waals surface area contributed by atoms with Gasteiger partial charge in [0.2, 0.25) is 0 Å². The Bertz CT molecular complexity index is 1340. The molecule has 0 atom stereocenters. The molecule has 0 saturated heterocycles. The summed E-state index contributed by atoms with van der Waals surface area (Å²) in [5, 5.41) is 0. The number of ether oxygens (including phenoxy) is 2. The molecular weight excluding hydrogens is 392 g/mol. The SMILES string of the molecule is COc1ccc(/C=C(/C(=O)c2ccccc2)c2nc3ccccc3[nH]c2=O)cc1OC. The van der Waals surface area contributed by atoms with Crippen LogP contribution in [-0.4, -0.2) is 30.0 Å². The summed E-state index contributed by atoms with van der Waals surface area (Å²) in [6.45, 7) is 0. The van der Waals surface area contributed by atoms with Crippen molar-refractivity contribution in [1.82, 2.24) is 9.97 Å². The average molecular weight is 412 g/mol. The van der Waals surface area contributed by atoms with E-state index in [4.69, 9.17) is 9.47 Å². The molecule has 6 nitrogen and oxygen atoms in total. The van der Waals surface area contributed by atoms with Gasteiger partial charge in [0.1, 0.15) is 5.69 Å². The zero-order valence-corrected chi connectivity index (χ0v) is 17.1. The summed E-state index contributed by atoms with van der Waals surface area (Å²) in [5.41, 5.74) is 2.14. The first kappa shape index (κ1) is 20.1. The highest BCUT2D eigenvalue weighted by Crippen LogP contribution is 2.30. The second kappa shape index (κ2) is 8.67. The fourth-order valence-corrected chi connectivity index (χ4v) is 3.31. The van der Waals surface area contributed by atoms with Crippen molar-refractivity contribution >= 4 is 28.5 Å². The normalized spacial score (nSPS) is 11.4. The van der Waals surface area contributed by atoms with Gasteiger partial charge in [0.25, 0.3) is 5.56 Å². The minimum atomic E-state index is -0.435. The zero-order valence-electron chi connectivity index (χ0n) is 17.1. The van der Waals surface area contributed by atoms with E-state index in [2.05, 4.69) is 9.97 Å². The van der Waals surface area contributed by atoms with Crippen molar-refractivity contribution in [1.29, 1.82) is 0 Å². The van der Waals surface area contributed by atoms with Crippen LogP contribution in [0.5, 0.6) is 11.5 Å². The molecule has 4 aromatic rings. The van der Waals surface area contributed by atoms with Gasteiger partial charge in [-0.1, -0.05) is 48.5 Å². The number of ketones is 1. The van der Waals surface area contributed by atoms with E-state index in [0.29, 0.717) is 33.7 Å². The first-order valence-corrected chi connectivity index (χ1v) is 9.63. The summed E-state index contributed by atoms with van der Waals surface area (Å²) in [4.78, 5) is 33.6. The van der Waals surface area contributed by atoms with Gasteiger partial charge in [0.15, 0.2) is 17.3 Å². The van der Waals surface area contributed by atoms with Crippen LogP contribution in [0.25, 0.3) is 22.7 Å². The molecule has 1 heterocycles. The average Bonchev–Trinajstić information content (AvgIpc) is 2.82. The number of para-hydroxylation sites is 2. The Morgan fingerprint density at radius 2 is 1.61 bits per heavy atom. The number of hydrogen-bond acceptors (Lipinski definition) is 5. The Morgan fingerprint density at radius 3 is 2.35 bits per heavy atom. The quantitative estimate of drug-likeness (QED) is 0.376. The van der Waals surface area contributed by atoms with Crippen molar-refractivity contribution in [2.75, 3.05) is 14.2 Å². The van der Waals surface area contributed by atoms with E-state index >= 15 is 0 Å². The van der Waals surface area contributed by atoms with E-state index in [1.165, 1.54) is 7.11 Å². The molecule has 0 saturated carbocycles. The number of nitrogens with zero attached hydrogens (tertiary/aromatic N) is 1. The highest BCUT2D eigenvalue weighted by atomic mass is 16.5. The lowest BCUT2D eigenvalue weighted by atomic mass is 9.98. The molecule has 0 aliphatic carbocycles.